The highest BCUT2D eigenvalue weighted by atomic mass is 16.2. The summed E-state index contributed by atoms with van der Waals surface area (Å²) in [5.74, 6) is 0.152. The number of nitrogens with two attached hydrogens (primary N) is 1. The van der Waals surface area contributed by atoms with Crippen LogP contribution in [-0.2, 0) is 0 Å². The highest BCUT2D eigenvalue weighted by molar-refractivity contribution is 6.05. The van der Waals surface area contributed by atoms with Crippen molar-refractivity contribution in [2.75, 3.05) is 18.8 Å². The zero-order valence-electron chi connectivity index (χ0n) is 12.3. The molecule has 2 aromatic rings. The van der Waals surface area contributed by atoms with Gasteiger partial charge in [-0.05, 0) is 24.1 Å². The van der Waals surface area contributed by atoms with Gasteiger partial charge in [0.25, 0.3) is 5.91 Å². The van der Waals surface area contributed by atoms with Crippen molar-refractivity contribution < 1.29 is 4.79 Å². The second-order valence-corrected chi connectivity index (χ2v) is 5.43. The number of nitrogens with zero attached hydrogens (tertiary/aromatic N) is 3. The number of carbonyl (C=O) groups excluding carboxylic acids is 1. The Labute approximate surface area is 123 Å². The summed E-state index contributed by atoms with van der Waals surface area (Å²) < 4.78 is 0. The predicted molar refractivity (Wildman–Crippen MR) is 81.5 cm³/mol. The number of hydrogen-bond acceptors (Lipinski definition) is 4. The van der Waals surface area contributed by atoms with E-state index in [-0.39, 0.29) is 5.91 Å². The third-order valence-corrected chi connectivity index (χ3v) is 3.16. The molecule has 0 aliphatic rings. The van der Waals surface area contributed by atoms with Gasteiger partial charge in [0.2, 0.25) is 0 Å². The van der Waals surface area contributed by atoms with Crippen molar-refractivity contribution in [2.24, 2.45) is 5.92 Å². The first-order chi connectivity index (χ1) is 10.0. The van der Waals surface area contributed by atoms with Gasteiger partial charge in [0.05, 0.1) is 18.0 Å². The van der Waals surface area contributed by atoms with E-state index in [0.717, 1.165) is 5.52 Å². The second kappa shape index (κ2) is 6.27. The number of aromatic nitrogens is 2. The Morgan fingerprint density at radius 1 is 1.52 bits per heavy atom. The molecular formula is C15H19N5O. The number of rotatable bonds is 5. The Kier molecular flexibility index (Phi) is 4.43. The molecule has 6 nitrogen and oxygen atoms in total. The van der Waals surface area contributed by atoms with Gasteiger partial charge in [-0.25, -0.2) is 0 Å². The van der Waals surface area contributed by atoms with Crippen molar-refractivity contribution in [3.63, 3.8) is 0 Å². The molecule has 2 rings (SSSR count). The number of hydrogen-bond donors (Lipinski definition) is 2. The minimum atomic E-state index is -0.171. The lowest BCUT2D eigenvalue weighted by Gasteiger charge is -2.22. The molecule has 1 aromatic carbocycles. The molecule has 1 aromatic heterocycles. The number of amides is 1. The summed E-state index contributed by atoms with van der Waals surface area (Å²) in [5.41, 5.74) is 7.50. The maximum Gasteiger partial charge on any atom is 0.275 e. The summed E-state index contributed by atoms with van der Waals surface area (Å²) in [6, 6.07) is 7.38. The summed E-state index contributed by atoms with van der Waals surface area (Å²) >= 11 is 0. The van der Waals surface area contributed by atoms with E-state index < -0.39 is 0 Å². The van der Waals surface area contributed by atoms with Crippen LogP contribution in [0.1, 0.15) is 30.8 Å². The average Bonchev–Trinajstić information content (AvgIpc) is 2.85. The number of benzene rings is 1. The Morgan fingerprint density at radius 2 is 2.29 bits per heavy atom. The van der Waals surface area contributed by atoms with Crippen LogP contribution in [0.4, 0.5) is 5.69 Å². The zero-order valence-corrected chi connectivity index (χ0v) is 12.3. The Morgan fingerprint density at radius 3 is 2.95 bits per heavy atom. The summed E-state index contributed by atoms with van der Waals surface area (Å²) in [6.45, 7) is 5.07. The topological polar surface area (TPSA) is 98.8 Å². The van der Waals surface area contributed by atoms with Gasteiger partial charge in [0.1, 0.15) is 0 Å². The molecule has 0 saturated carbocycles. The molecule has 0 spiro atoms. The minimum absolute atomic E-state index is 0.171. The van der Waals surface area contributed by atoms with E-state index in [0.29, 0.717) is 42.2 Å². The van der Waals surface area contributed by atoms with E-state index in [9.17, 15) is 4.79 Å². The molecule has 0 fully saturated rings. The predicted octanol–water partition coefficient (Wildman–Crippen LogP) is 2.16. The fraction of sp³-hybridized carbons (Fsp3) is 0.400. The van der Waals surface area contributed by atoms with Gasteiger partial charge in [0, 0.05) is 24.2 Å². The summed E-state index contributed by atoms with van der Waals surface area (Å²) in [4.78, 5) is 14.3. The molecule has 110 valence electrons. The number of nitrogens with one attached hydrogen (secondary N) is 1. The van der Waals surface area contributed by atoms with Gasteiger partial charge in [-0.1, -0.05) is 13.8 Å². The van der Waals surface area contributed by atoms with E-state index in [1.54, 1.807) is 23.1 Å². The molecule has 21 heavy (non-hydrogen) atoms. The molecule has 3 N–H and O–H groups in total. The summed E-state index contributed by atoms with van der Waals surface area (Å²) in [7, 11) is 0. The largest absolute Gasteiger partial charge is 0.399 e. The van der Waals surface area contributed by atoms with Crippen LogP contribution in [0.3, 0.4) is 0 Å². The molecule has 0 aliphatic carbocycles. The fourth-order valence-corrected chi connectivity index (χ4v) is 2.25. The van der Waals surface area contributed by atoms with E-state index in [1.807, 2.05) is 13.8 Å². The number of nitrogen functional groups attached to an aromatic ring is 1. The first-order valence-electron chi connectivity index (χ1n) is 6.92. The fourth-order valence-electron chi connectivity index (χ4n) is 2.25. The standard InChI is InChI=1S/C15H19N5O/c1-10(2)9-20(7-3-6-16)15(21)14-12-8-11(17)4-5-13(12)18-19-14/h4-5,8,10H,3,7,9,17H2,1-2H3,(H,18,19). The number of carbonyl (C=O) groups is 1. The molecule has 0 atom stereocenters. The number of aromatic amines is 1. The molecule has 1 heterocycles. The van der Waals surface area contributed by atoms with Crippen molar-refractivity contribution in [1.29, 1.82) is 5.26 Å². The lowest BCUT2D eigenvalue weighted by molar-refractivity contribution is 0.0736. The average molecular weight is 285 g/mol. The van der Waals surface area contributed by atoms with Crippen molar-refractivity contribution in [3.8, 4) is 6.07 Å². The molecule has 0 aliphatic heterocycles. The first-order valence-corrected chi connectivity index (χ1v) is 6.92. The number of anilines is 1. The van der Waals surface area contributed by atoms with Crippen LogP contribution in [0.25, 0.3) is 10.9 Å². The first kappa shape index (κ1) is 14.9. The van der Waals surface area contributed by atoms with Gasteiger partial charge < -0.3 is 10.6 Å². The lowest BCUT2D eigenvalue weighted by atomic mass is 10.1. The van der Waals surface area contributed by atoms with Gasteiger partial charge >= 0.3 is 0 Å². The quantitative estimate of drug-likeness (QED) is 0.822. The van der Waals surface area contributed by atoms with Gasteiger partial charge in [0.15, 0.2) is 5.69 Å². The van der Waals surface area contributed by atoms with Gasteiger partial charge in [-0.2, -0.15) is 10.4 Å². The maximum absolute atomic E-state index is 12.7. The molecule has 0 radical (unpaired) electrons. The maximum atomic E-state index is 12.7. The summed E-state index contributed by atoms with van der Waals surface area (Å²) in [6.07, 6.45) is 0.308. The monoisotopic (exact) mass is 285 g/mol. The molecule has 6 heteroatoms. The number of nitriles is 1. The molecule has 0 unspecified atom stereocenters. The Bertz CT molecular complexity index is 683. The summed E-state index contributed by atoms with van der Waals surface area (Å²) in [5, 5.41) is 16.4. The SMILES string of the molecule is CC(C)CN(CCC#N)C(=O)c1n[nH]c2ccc(N)cc12. The zero-order chi connectivity index (χ0) is 15.4. The number of fused-ring (bicyclic) bond motifs is 1. The third kappa shape index (κ3) is 3.31. The molecule has 1 amide bonds. The van der Waals surface area contributed by atoms with Crippen LogP contribution < -0.4 is 5.73 Å². The molecule has 0 saturated heterocycles. The highest BCUT2D eigenvalue weighted by Crippen LogP contribution is 2.20. The van der Waals surface area contributed by atoms with Crippen molar-refractivity contribution in [3.05, 3.63) is 23.9 Å². The third-order valence-electron chi connectivity index (χ3n) is 3.16. The minimum Gasteiger partial charge on any atom is -0.399 e. The van der Waals surface area contributed by atoms with Crippen molar-refractivity contribution in [2.45, 2.75) is 20.3 Å². The van der Waals surface area contributed by atoms with Crippen LogP contribution in [0, 0.1) is 17.2 Å². The van der Waals surface area contributed by atoms with Crippen LogP contribution in [0.2, 0.25) is 0 Å². The molecular weight excluding hydrogens is 266 g/mol. The van der Waals surface area contributed by atoms with Crippen molar-refractivity contribution >= 4 is 22.5 Å². The van der Waals surface area contributed by atoms with E-state index in [4.69, 9.17) is 11.0 Å². The number of H-pyrrole nitrogens is 1. The van der Waals surface area contributed by atoms with Crippen molar-refractivity contribution in [1.82, 2.24) is 15.1 Å². The van der Waals surface area contributed by atoms with Gasteiger partial charge in [-0.3, -0.25) is 9.89 Å². The normalized spacial score (nSPS) is 10.8. The van der Waals surface area contributed by atoms with Crippen LogP contribution >= 0.6 is 0 Å². The lowest BCUT2D eigenvalue weighted by Crippen LogP contribution is -2.35. The second-order valence-electron chi connectivity index (χ2n) is 5.43. The van der Waals surface area contributed by atoms with E-state index in [1.165, 1.54) is 0 Å². The molecule has 0 bridgehead atoms. The Hall–Kier alpha value is -2.55. The van der Waals surface area contributed by atoms with Crippen LogP contribution in [0.5, 0.6) is 0 Å². The van der Waals surface area contributed by atoms with E-state index in [2.05, 4.69) is 16.3 Å². The smallest absolute Gasteiger partial charge is 0.275 e. The van der Waals surface area contributed by atoms with Crippen LogP contribution in [0.15, 0.2) is 18.2 Å². The highest BCUT2D eigenvalue weighted by Gasteiger charge is 2.21. The van der Waals surface area contributed by atoms with Gasteiger partial charge in [-0.15, -0.1) is 0 Å². The van der Waals surface area contributed by atoms with E-state index >= 15 is 0 Å². The van der Waals surface area contributed by atoms with Crippen LogP contribution in [-0.4, -0.2) is 34.1 Å². The Balaban J connectivity index is 2.33.